The first-order valence-corrected chi connectivity index (χ1v) is 9.49. The summed E-state index contributed by atoms with van der Waals surface area (Å²) in [6.07, 6.45) is 5.08. The van der Waals surface area contributed by atoms with Crippen molar-refractivity contribution >= 4 is 10.1 Å². The molecule has 1 rings (SSSR count). The Morgan fingerprint density at radius 3 is 2.22 bits per heavy atom. The summed E-state index contributed by atoms with van der Waals surface area (Å²) in [6, 6.07) is 7.93. The summed E-state index contributed by atoms with van der Waals surface area (Å²) in [5, 5.41) is 0. The molecule has 0 N–H and O–H groups in total. The largest absolute Gasteiger partial charge is 1.00 e. The fraction of sp³-hybridized carbons (Fsp3) is 0.647. The molecule has 0 fully saturated rings. The Morgan fingerprint density at radius 2 is 1.70 bits per heavy atom. The van der Waals surface area contributed by atoms with E-state index in [1.165, 1.54) is 24.8 Å². The van der Waals surface area contributed by atoms with Crippen LogP contribution in [0.25, 0.3) is 0 Å². The fourth-order valence-electron chi connectivity index (χ4n) is 2.39. The molecule has 126 valence electrons. The SMILES string of the molecule is CCCCCC(C)(C)c1ccc(OCCCS(=O)(=O)[O-])cc1.[Na+]. The molecule has 0 heterocycles. The minimum absolute atomic E-state index is 0. The predicted octanol–water partition coefficient (Wildman–Crippen LogP) is 0.863. The Hall–Kier alpha value is -0.0700. The van der Waals surface area contributed by atoms with Crippen molar-refractivity contribution in [3.05, 3.63) is 29.8 Å². The quantitative estimate of drug-likeness (QED) is 0.357. The van der Waals surface area contributed by atoms with Gasteiger partial charge in [0.1, 0.15) is 5.75 Å². The Kier molecular flexibility index (Phi) is 10.7. The molecule has 23 heavy (non-hydrogen) atoms. The van der Waals surface area contributed by atoms with Crippen molar-refractivity contribution in [2.75, 3.05) is 12.4 Å². The number of benzene rings is 1. The monoisotopic (exact) mass is 350 g/mol. The first-order valence-electron chi connectivity index (χ1n) is 7.91. The zero-order chi connectivity index (χ0) is 16.6. The summed E-state index contributed by atoms with van der Waals surface area (Å²) < 4.78 is 36.9. The van der Waals surface area contributed by atoms with E-state index in [0.717, 1.165) is 6.42 Å². The van der Waals surface area contributed by atoms with Gasteiger partial charge in [0, 0.05) is 5.75 Å². The van der Waals surface area contributed by atoms with Gasteiger partial charge in [-0.2, -0.15) is 0 Å². The van der Waals surface area contributed by atoms with Crippen LogP contribution in [0, 0.1) is 0 Å². The summed E-state index contributed by atoms with van der Waals surface area (Å²) in [4.78, 5) is 0. The zero-order valence-electron chi connectivity index (χ0n) is 14.8. The van der Waals surface area contributed by atoms with Crippen molar-refractivity contribution < 1.29 is 47.3 Å². The van der Waals surface area contributed by atoms with E-state index < -0.39 is 10.1 Å². The van der Waals surface area contributed by atoms with Crippen LogP contribution in [-0.4, -0.2) is 25.3 Å². The van der Waals surface area contributed by atoms with Gasteiger partial charge in [0.05, 0.1) is 16.7 Å². The van der Waals surface area contributed by atoms with E-state index in [1.54, 1.807) is 0 Å². The van der Waals surface area contributed by atoms with E-state index >= 15 is 0 Å². The topological polar surface area (TPSA) is 66.4 Å². The molecule has 0 unspecified atom stereocenters. The van der Waals surface area contributed by atoms with E-state index in [1.807, 2.05) is 12.1 Å². The zero-order valence-corrected chi connectivity index (χ0v) is 17.6. The molecule has 0 aliphatic rings. The Balaban J connectivity index is 0.00000484. The van der Waals surface area contributed by atoms with Gasteiger partial charge in [-0.15, -0.1) is 0 Å². The van der Waals surface area contributed by atoms with Crippen molar-refractivity contribution in [3.63, 3.8) is 0 Å². The summed E-state index contributed by atoms with van der Waals surface area (Å²) >= 11 is 0. The van der Waals surface area contributed by atoms with Gasteiger partial charge in [-0.05, 0) is 36.0 Å². The molecule has 1 aromatic rings. The van der Waals surface area contributed by atoms with Crippen LogP contribution < -0.4 is 34.3 Å². The van der Waals surface area contributed by atoms with Gasteiger partial charge in [-0.3, -0.25) is 0 Å². The van der Waals surface area contributed by atoms with Gasteiger partial charge >= 0.3 is 29.6 Å². The van der Waals surface area contributed by atoms with Gasteiger partial charge < -0.3 is 9.29 Å². The first-order chi connectivity index (χ1) is 10.2. The molecule has 0 bridgehead atoms. The van der Waals surface area contributed by atoms with Gasteiger partial charge in [0.2, 0.25) is 0 Å². The van der Waals surface area contributed by atoms with Crippen molar-refractivity contribution in [2.45, 2.75) is 58.3 Å². The van der Waals surface area contributed by atoms with Gasteiger partial charge in [-0.1, -0.05) is 52.2 Å². The molecule has 0 amide bonds. The second kappa shape index (κ2) is 10.7. The molecule has 4 nitrogen and oxygen atoms in total. The number of rotatable bonds is 10. The minimum atomic E-state index is -4.15. The Bertz CT molecular complexity index is 538. The van der Waals surface area contributed by atoms with Crippen LogP contribution in [0.15, 0.2) is 24.3 Å². The molecule has 0 radical (unpaired) electrons. The molecule has 1 aromatic carbocycles. The van der Waals surface area contributed by atoms with Crippen LogP contribution >= 0.6 is 0 Å². The van der Waals surface area contributed by atoms with Crippen LogP contribution in [0.5, 0.6) is 5.75 Å². The maximum Gasteiger partial charge on any atom is 1.00 e. The molecule has 6 heteroatoms. The first kappa shape index (κ1) is 22.9. The smallest absolute Gasteiger partial charge is 0.748 e. The van der Waals surface area contributed by atoms with Crippen molar-refractivity contribution in [2.24, 2.45) is 0 Å². The van der Waals surface area contributed by atoms with Crippen molar-refractivity contribution in [1.82, 2.24) is 0 Å². The van der Waals surface area contributed by atoms with Crippen LogP contribution in [-0.2, 0) is 15.5 Å². The van der Waals surface area contributed by atoms with E-state index in [2.05, 4.69) is 32.9 Å². The number of unbranched alkanes of at least 4 members (excludes halogenated alkanes) is 2. The molecular weight excluding hydrogens is 323 g/mol. The fourth-order valence-corrected chi connectivity index (χ4v) is 2.86. The molecule has 0 spiro atoms. The molecular formula is C17H27NaO4S. The van der Waals surface area contributed by atoms with Gasteiger partial charge in [-0.25, -0.2) is 8.42 Å². The summed E-state index contributed by atoms with van der Waals surface area (Å²) in [6.45, 7) is 6.94. The van der Waals surface area contributed by atoms with Gasteiger partial charge in [0.25, 0.3) is 0 Å². The second-order valence-electron chi connectivity index (χ2n) is 6.33. The maximum absolute atomic E-state index is 10.5. The number of hydrogen-bond acceptors (Lipinski definition) is 4. The van der Waals surface area contributed by atoms with Crippen LogP contribution in [0.1, 0.15) is 58.4 Å². The summed E-state index contributed by atoms with van der Waals surface area (Å²) in [5.41, 5.74) is 1.42. The summed E-state index contributed by atoms with van der Waals surface area (Å²) in [7, 11) is -4.15. The van der Waals surface area contributed by atoms with E-state index in [0.29, 0.717) is 5.75 Å². The molecule has 0 saturated carbocycles. The Labute approximate surface area is 163 Å². The van der Waals surface area contributed by atoms with Crippen LogP contribution in [0.4, 0.5) is 0 Å². The molecule has 0 aromatic heterocycles. The second-order valence-corrected chi connectivity index (χ2v) is 7.85. The van der Waals surface area contributed by atoms with Crippen molar-refractivity contribution in [1.29, 1.82) is 0 Å². The third-order valence-electron chi connectivity index (χ3n) is 3.85. The number of hydrogen-bond donors (Lipinski definition) is 0. The predicted molar refractivity (Wildman–Crippen MR) is 88.3 cm³/mol. The average Bonchev–Trinajstić information content (AvgIpc) is 2.43. The van der Waals surface area contributed by atoms with E-state index in [9.17, 15) is 13.0 Å². The molecule has 0 aliphatic carbocycles. The standard InChI is InChI=1S/C17H28O4S.Na/c1-4-5-6-12-17(2,3)15-8-10-16(11-9-15)21-13-7-14-22(18,19)20;/h8-11H,4-7,12-14H2,1-3H3,(H,18,19,20);/q;+1/p-1. The van der Waals surface area contributed by atoms with Gasteiger partial charge in [0.15, 0.2) is 0 Å². The number of ether oxygens (including phenoxy) is 1. The molecule has 0 atom stereocenters. The summed E-state index contributed by atoms with van der Waals surface area (Å²) in [5.74, 6) is 0.326. The third kappa shape index (κ3) is 9.72. The average molecular weight is 350 g/mol. The molecule has 0 aliphatic heterocycles. The van der Waals surface area contributed by atoms with E-state index in [4.69, 9.17) is 4.74 Å². The van der Waals surface area contributed by atoms with Crippen molar-refractivity contribution in [3.8, 4) is 5.75 Å². The molecule has 0 saturated heterocycles. The maximum atomic E-state index is 10.5. The Morgan fingerprint density at radius 1 is 1.09 bits per heavy atom. The van der Waals surface area contributed by atoms with Crippen LogP contribution in [0.3, 0.4) is 0 Å². The van der Waals surface area contributed by atoms with E-state index in [-0.39, 0.29) is 53.8 Å². The third-order valence-corrected chi connectivity index (χ3v) is 4.64. The van der Waals surface area contributed by atoms with Crippen LogP contribution in [0.2, 0.25) is 0 Å². The minimum Gasteiger partial charge on any atom is -0.748 e. The normalized spacial score (nSPS) is 11.8.